The van der Waals surface area contributed by atoms with Crippen molar-refractivity contribution in [1.82, 2.24) is 4.98 Å². The molecule has 1 heterocycles. The van der Waals surface area contributed by atoms with E-state index in [-0.39, 0.29) is 0 Å². The van der Waals surface area contributed by atoms with Gasteiger partial charge < -0.3 is 0 Å². The molecule has 1 aromatic carbocycles. The lowest BCUT2D eigenvalue weighted by molar-refractivity contribution is 1.36. The van der Waals surface area contributed by atoms with Crippen LogP contribution in [-0.2, 0) is 5.75 Å². The number of pyridine rings is 1. The second-order valence-corrected chi connectivity index (χ2v) is 4.81. The minimum absolute atomic E-state index is 1.04. The fourth-order valence-corrected chi connectivity index (χ4v) is 2.58. The Bertz CT molecular complexity index is 456. The van der Waals surface area contributed by atoms with Crippen molar-refractivity contribution in [2.24, 2.45) is 0 Å². The molecule has 72 valence electrons. The van der Waals surface area contributed by atoms with E-state index in [4.69, 9.17) is 0 Å². The summed E-state index contributed by atoms with van der Waals surface area (Å²) in [5.74, 6) is 1.05. The minimum Gasteiger partial charge on any atom is -0.255 e. The van der Waals surface area contributed by atoms with Gasteiger partial charge in [0.25, 0.3) is 0 Å². The zero-order valence-corrected chi connectivity index (χ0v) is 10.2. The molecule has 0 N–H and O–H groups in total. The molecule has 0 atom stereocenters. The van der Waals surface area contributed by atoms with Crippen LogP contribution >= 0.6 is 27.7 Å². The lowest BCUT2D eigenvalue weighted by Gasteiger charge is -2.03. The summed E-state index contributed by atoms with van der Waals surface area (Å²) >= 11 is 5.38. The zero-order valence-electron chi connectivity index (χ0n) is 7.83. The molecule has 0 aliphatic rings. The van der Waals surface area contributed by atoms with Crippen LogP contribution in [0.1, 0.15) is 5.56 Å². The fourth-order valence-electron chi connectivity index (χ4n) is 1.46. The van der Waals surface area contributed by atoms with Crippen LogP contribution in [0, 0.1) is 0 Å². The molecule has 0 radical (unpaired) electrons. The fraction of sp³-hybridized carbons (Fsp3) is 0.182. The molecule has 0 bridgehead atoms. The van der Waals surface area contributed by atoms with Gasteiger partial charge in [0.2, 0.25) is 0 Å². The summed E-state index contributed by atoms with van der Waals surface area (Å²) in [4.78, 5) is 4.33. The summed E-state index contributed by atoms with van der Waals surface area (Å²) in [5, 5.41) is 1.20. The van der Waals surface area contributed by atoms with E-state index in [0.29, 0.717) is 0 Å². The van der Waals surface area contributed by atoms with Gasteiger partial charge in [0.05, 0.1) is 5.52 Å². The Balaban J connectivity index is 2.60. The monoisotopic (exact) mass is 267 g/mol. The molecule has 0 saturated heterocycles. The second-order valence-electron chi connectivity index (χ2n) is 3.09. The van der Waals surface area contributed by atoms with Gasteiger partial charge in [0, 0.05) is 21.8 Å². The first kappa shape index (κ1) is 9.99. The third kappa shape index (κ3) is 1.93. The molecule has 1 nitrogen and oxygen atoms in total. The zero-order chi connectivity index (χ0) is 9.97. The van der Waals surface area contributed by atoms with Crippen molar-refractivity contribution >= 4 is 38.6 Å². The van der Waals surface area contributed by atoms with Crippen molar-refractivity contribution in [2.45, 2.75) is 5.75 Å². The van der Waals surface area contributed by atoms with Gasteiger partial charge in [-0.15, -0.1) is 0 Å². The molecule has 2 aromatic rings. The number of nitrogens with zero attached hydrogens (tertiary/aromatic N) is 1. The van der Waals surface area contributed by atoms with Crippen LogP contribution in [0.2, 0.25) is 0 Å². The van der Waals surface area contributed by atoms with Crippen LogP contribution < -0.4 is 0 Å². The van der Waals surface area contributed by atoms with Crippen LogP contribution in [0.5, 0.6) is 0 Å². The SMILES string of the molecule is CSCc1cc(Br)c2ncccc2c1. The van der Waals surface area contributed by atoms with Gasteiger partial charge in [-0.3, -0.25) is 4.98 Å². The summed E-state index contributed by atoms with van der Waals surface area (Å²) in [5.41, 5.74) is 2.38. The Hall–Kier alpha value is -0.540. The van der Waals surface area contributed by atoms with E-state index in [1.165, 1.54) is 10.9 Å². The van der Waals surface area contributed by atoms with Crippen LogP contribution in [0.4, 0.5) is 0 Å². The summed E-state index contributed by atoms with van der Waals surface area (Å²) in [6.45, 7) is 0. The number of aromatic nitrogens is 1. The number of halogens is 1. The van der Waals surface area contributed by atoms with Crippen LogP contribution in [0.3, 0.4) is 0 Å². The molecule has 3 heteroatoms. The van der Waals surface area contributed by atoms with Crippen LogP contribution in [-0.4, -0.2) is 11.2 Å². The maximum atomic E-state index is 4.33. The summed E-state index contributed by atoms with van der Waals surface area (Å²) in [6.07, 6.45) is 3.93. The highest BCUT2D eigenvalue weighted by Gasteiger charge is 2.01. The van der Waals surface area contributed by atoms with Crippen molar-refractivity contribution < 1.29 is 0 Å². The lowest BCUT2D eigenvalue weighted by Crippen LogP contribution is -1.84. The van der Waals surface area contributed by atoms with Crippen molar-refractivity contribution in [3.63, 3.8) is 0 Å². The quantitative estimate of drug-likeness (QED) is 0.820. The van der Waals surface area contributed by atoms with Crippen LogP contribution in [0.15, 0.2) is 34.9 Å². The molecule has 2 rings (SSSR count). The highest BCUT2D eigenvalue weighted by molar-refractivity contribution is 9.10. The average molecular weight is 268 g/mol. The third-order valence-electron chi connectivity index (χ3n) is 2.03. The lowest BCUT2D eigenvalue weighted by atomic mass is 10.1. The molecule has 14 heavy (non-hydrogen) atoms. The molecular weight excluding hydrogens is 258 g/mol. The molecule has 0 fully saturated rings. The van der Waals surface area contributed by atoms with Gasteiger partial charge in [-0.05, 0) is 45.9 Å². The van der Waals surface area contributed by atoms with Crippen molar-refractivity contribution in [2.75, 3.05) is 6.26 Å². The summed E-state index contributed by atoms with van der Waals surface area (Å²) in [6, 6.07) is 8.41. The maximum Gasteiger partial charge on any atom is 0.0844 e. The van der Waals surface area contributed by atoms with Gasteiger partial charge >= 0.3 is 0 Å². The van der Waals surface area contributed by atoms with Gasteiger partial charge in [0.1, 0.15) is 0 Å². The number of hydrogen-bond donors (Lipinski definition) is 0. The van der Waals surface area contributed by atoms with E-state index >= 15 is 0 Å². The largest absolute Gasteiger partial charge is 0.255 e. The van der Waals surface area contributed by atoms with Crippen LogP contribution in [0.25, 0.3) is 10.9 Å². The molecule has 0 aliphatic carbocycles. The van der Waals surface area contributed by atoms with E-state index in [1.807, 2.05) is 24.0 Å². The molecule has 0 amide bonds. The number of fused-ring (bicyclic) bond motifs is 1. The van der Waals surface area contributed by atoms with Gasteiger partial charge in [0.15, 0.2) is 0 Å². The topological polar surface area (TPSA) is 12.9 Å². The molecule has 0 unspecified atom stereocenters. The Morgan fingerprint density at radius 3 is 3.07 bits per heavy atom. The van der Waals surface area contributed by atoms with E-state index < -0.39 is 0 Å². The number of benzene rings is 1. The average Bonchev–Trinajstić information content (AvgIpc) is 2.18. The molecular formula is C11H10BrNS. The first-order chi connectivity index (χ1) is 6.81. The molecule has 1 aromatic heterocycles. The third-order valence-corrected chi connectivity index (χ3v) is 3.26. The van der Waals surface area contributed by atoms with Gasteiger partial charge in [-0.25, -0.2) is 0 Å². The standard InChI is InChI=1S/C11H10BrNS/c1-14-7-8-5-9-3-2-4-13-11(9)10(12)6-8/h2-6H,7H2,1H3. The predicted octanol–water partition coefficient (Wildman–Crippen LogP) is 3.86. The van der Waals surface area contributed by atoms with E-state index in [0.717, 1.165) is 15.7 Å². The second kappa shape index (κ2) is 4.32. The Morgan fingerprint density at radius 1 is 1.43 bits per heavy atom. The summed E-state index contributed by atoms with van der Waals surface area (Å²) < 4.78 is 1.08. The predicted molar refractivity (Wildman–Crippen MR) is 66.7 cm³/mol. The Labute approximate surface area is 96.1 Å². The van der Waals surface area contributed by atoms with Gasteiger partial charge in [-0.2, -0.15) is 11.8 Å². The highest BCUT2D eigenvalue weighted by atomic mass is 79.9. The van der Waals surface area contributed by atoms with Gasteiger partial charge in [-0.1, -0.05) is 6.07 Å². The number of rotatable bonds is 2. The van der Waals surface area contributed by atoms with E-state index in [9.17, 15) is 0 Å². The summed E-state index contributed by atoms with van der Waals surface area (Å²) in [7, 11) is 0. The Kier molecular flexibility index (Phi) is 3.08. The number of hydrogen-bond acceptors (Lipinski definition) is 2. The maximum absolute atomic E-state index is 4.33. The minimum atomic E-state index is 1.04. The Morgan fingerprint density at radius 2 is 2.29 bits per heavy atom. The first-order valence-corrected chi connectivity index (χ1v) is 6.52. The molecule has 0 spiro atoms. The normalized spacial score (nSPS) is 10.7. The highest BCUT2D eigenvalue weighted by Crippen LogP contribution is 2.25. The smallest absolute Gasteiger partial charge is 0.0844 e. The van der Waals surface area contributed by atoms with Crippen molar-refractivity contribution in [1.29, 1.82) is 0 Å². The molecule has 0 saturated carbocycles. The number of thioether (sulfide) groups is 1. The van der Waals surface area contributed by atoms with E-state index in [1.54, 1.807) is 0 Å². The first-order valence-electron chi connectivity index (χ1n) is 4.33. The van der Waals surface area contributed by atoms with Crippen molar-refractivity contribution in [3.8, 4) is 0 Å². The molecule has 0 aliphatic heterocycles. The van der Waals surface area contributed by atoms with E-state index in [2.05, 4.69) is 45.4 Å². The van der Waals surface area contributed by atoms with Crippen molar-refractivity contribution in [3.05, 3.63) is 40.5 Å².